The van der Waals surface area contributed by atoms with Gasteiger partial charge in [-0.25, -0.2) is 0 Å². The van der Waals surface area contributed by atoms with Crippen LogP contribution >= 0.6 is 12.4 Å². The fourth-order valence-electron chi connectivity index (χ4n) is 2.76. The second-order valence-electron chi connectivity index (χ2n) is 5.71. The number of amides is 2. The zero-order valence-corrected chi connectivity index (χ0v) is 13.6. The number of hydrogen-bond acceptors (Lipinski definition) is 4. The van der Waals surface area contributed by atoms with Crippen LogP contribution < -0.4 is 16.4 Å². The average molecular weight is 330 g/mol. The summed E-state index contributed by atoms with van der Waals surface area (Å²) in [5.74, 6) is 0.498. The van der Waals surface area contributed by atoms with Crippen molar-refractivity contribution >= 4 is 29.9 Å². The summed E-state index contributed by atoms with van der Waals surface area (Å²) in [6.07, 6.45) is 5.90. The van der Waals surface area contributed by atoms with E-state index in [2.05, 4.69) is 22.7 Å². The molecule has 22 heavy (non-hydrogen) atoms. The molecular weight excluding hydrogens is 306 g/mol. The van der Waals surface area contributed by atoms with Crippen LogP contribution in [0.15, 0.2) is 12.4 Å². The number of nitrogens with two attached hydrogens (primary N) is 1. The molecular formula is C14H24ClN5O2. The topological polar surface area (TPSA) is 102 Å². The molecule has 1 aliphatic rings. The van der Waals surface area contributed by atoms with Gasteiger partial charge in [-0.1, -0.05) is 6.92 Å². The molecule has 1 aliphatic heterocycles. The molecule has 1 aromatic heterocycles. The van der Waals surface area contributed by atoms with E-state index < -0.39 is 5.91 Å². The number of halogens is 1. The van der Waals surface area contributed by atoms with E-state index in [1.54, 1.807) is 6.20 Å². The molecule has 8 heteroatoms. The van der Waals surface area contributed by atoms with Gasteiger partial charge in [-0.05, 0) is 37.8 Å². The van der Waals surface area contributed by atoms with Gasteiger partial charge in [0.15, 0.2) is 0 Å². The first kappa shape index (κ1) is 18.4. The Hall–Kier alpha value is -1.60. The summed E-state index contributed by atoms with van der Waals surface area (Å²) in [7, 11) is 0. The fraction of sp³-hybridized carbons (Fsp3) is 0.643. The number of hydrogen-bond donors (Lipinski definition) is 3. The molecule has 124 valence electrons. The molecule has 0 saturated carbocycles. The van der Waals surface area contributed by atoms with Gasteiger partial charge in [0.2, 0.25) is 11.8 Å². The van der Waals surface area contributed by atoms with Gasteiger partial charge in [0.1, 0.15) is 6.54 Å². The van der Waals surface area contributed by atoms with Gasteiger partial charge in [-0.15, -0.1) is 12.4 Å². The van der Waals surface area contributed by atoms with Crippen molar-refractivity contribution in [3.8, 4) is 0 Å². The maximum atomic E-state index is 12.0. The van der Waals surface area contributed by atoms with Crippen molar-refractivity contribution in [2.24, 2.45) is 17.6 Å². The van der Waals surface area contributed by atoms with Crippen molar-refractivity contribution < 1.29 is 9.59 Å². The third kappa shape index (κ3) is 5.65. The van der Waals surface area contributed by atoms with Gasteiger partial charge < -0.3 is 16.4 Å². The van der Waals surface area contributed by atoms with E-state index >= 15 is 0 Å². The summed E-state index contributed by atoms with van der Waals surface area (Å²) >= 11 is 0. The molecule has 1 aromatic rings. The van der Waals surface area contributed by atoms with Crippen LogP contribution in [0, 0.1) is 11.8 Å². The number of carbonyl (C=O) groups excluding carboxylic acids is 2. The molecule has 0 spiro atoms. The molecule has 1 unspecified atom stereocenters. The molecule has 1 saturated heterocycles. The Morgan fingerprint density at radius 3 is 2.82 bits per heavy atom. The highest BCUT2D eigenvalue weighted by atomic mass is 35.5. The Labute approximate surface area is 136 Å². The van der Waals surface area contributed by atoms with Gasteiger partial charge in [0.05, 0.1) is 11.9 Å². The van der Waals surface area contributed by atoms with Crippen LogP contribution in [0.2, 0.25) is 0 Å². The lowest BCUT2D eigenvalue weighted by molar-refractivity contribution is -0.119. The van der Waals surface area contributed by atoms with E-state index in [-0.39, 0.29) is 24.9 Å². The van der Waals surface area contributed by atoms with Gasteiger partial charge in [-0.3, -0.25) is 14.3 Å². The number of primary amides is 1. The first-order chi connectivity index (χ1) is 10.0. The Balaban J connectivity index is 0.00000242. The van der Waals surface area contributed by atoms with Crippen LogP contribution in [0.5, 0.6) is 0 Å². The fourth-order valence-corrected chi connectivity index (χ4v) is 2.76. The average Bonchev–Trinajstić information content (AvgIpc) is 2.85. The highest BCUT2D eigenvalue weighted by molar-refractivity contribution is 5.90. The van der Waals surface area contributed by atoms with E-state index in [1.165, 1.54) is 10.9 Å². The van der Waals surface area contributed by atoms with E-state index in [4.69, 9.17) is 5.73 Å². The molecule has 0 bridgehead atoms. The molecule has 1 atom stereocenters. The van der Waals surface area contributed by atoms with Crippen molar-refractivity contribution in [3.63, 3.8) is 0 Å². The van der Waals surface area contributed by atoms with Crippen LogP contribution in [0.3, 0.4) is 0 Å². The predicted molar refractivity (Wildman–Crippen MR) is 86.7 cm³/mol. The van der Waals surface area contributed by atoms with E-state index in [9.17, 15) is 9.59 Å². The quantitative estimate of drug-likeness (QED) is 0.716. The summed E-state index contributed by atoms with van der Waals surface area (Å²) in [4.78, 5) is 22.8. The zero-order chi connectivity index (χ0) is 15.2. The van der Waals surface area contributed by atoms with Crippen LogP contribution in [-0.2, 0) is 16.1 Å². The van der Waals surface area contributed by atoms with Crippen molar-refractivity contribution in [2.45, 2.75) is 32.7 Å². The number of rotatable bonds is 6. The summed E-state index contributed by atoms with van der Waals surface area (Å²) in [5.41, 5.74) is 5.69. The van der Waals surface area contributed by atoms with Crippen molar-refractivity contribution in [1.29, 1.82) is 0 Å². The summed E-state index contributed by atoms with van der Waals surface area (Å²) in [6.45, 7) is 4.22. The highest BCUT2D eigenvalue weighted by Gasteiger charge is 2.22. The van der Waals surface area contributed by atoms with Crippen LogP contribution in [0.25, 0.3) is 0 Å². The van der Waals surface area contributed by atoms with Crippen molar-refractivity contribution in [3.05, 3.63) is 12.4 Å². The summed E-state index contributed by atoms with van der Waals surface area (Å²) < 4.78 is 1.41. The number of carbonyl (C=O) groups is 2. The second-order valence-corrected chi connectivity index (χ2v) is 5.71. The maximum Gasteiger partial charge on any atom is 0.239 e. The third-order valence-electron chi connectivity index (χ3n) is 3.93. The largest absolute Gasteiger partial charge is 0.368 e. The van der Waals surface area contributed by atoms with Crippen molar-refractivity contribution in [2.75, 3.05) is 18.4 Å². The minimum Gasteiger partial charge on any atom is -0.368 e. The molecule has 7 nitrogen and oxygen atoms in total. The molecule has 2 rings (SSSR count). The normalized spacial score (nSPS) is 16.6. The number of nitrogens with zero attached hydrogens (tertiary/aromatic N) is 2. The third-order valence-corrected chi connectivity index (χ3v) is 3.93. The molecule has 2 heterocycles. The molecule has 1 fully saturated rings. The molecule has 2 amide bonds. The SMILES string of the molecule is CC(CC(=O)Nc1cnn(CC(N)=O)c1)C1CCNCC1.Cl. The van der Waals surface area contributed by atoms with Crippen LogP contribution in [0.1, 0.15) is 26.2 Å². The monoisotopic (exact) mass is 329 g/mol. The molecule has 0 aromatic carbocycles. The highest BCUT2D eigenvalue weighted by Crippen LogP contribution is 2.24. The van der Waals surface area contributed by atoms with Crippen molar-refractivity contribution in [1.82, 2.24) is 15.1 Å². The Morgan fingerprint density at radius 1 is 1.50 bits per heavy atom. The van der Waals surface area contributed by atoms with Gasteiger partial charge in [-0.2, -0.15) is 5.10 Å². The predicted octanol–water partition coefficient (Wildman–Crippen LogP) is 0.755. The van der Waals surface area contributed by atoms with Gasteiger partial charge in [0, 0.05) is 12.6 Å². The minimum atomic E-state index is -0.462. The second kappa shape index (κ2) is 8.75. The molecule has 0 aliphatic carbocycles. The lowest BCUT2D eigenvalue weighted by atomic mass is 9.84. The first-order valence-electron chi connectivity index (χ1n) is 7.36. The number of nitrogens with one attached hydrogen (secondary N) is 2. The van der Waals surface area contributed by atoms with E-state index in [0.29, 0.717) is 23.9 Å². The zero-order valence-electron chi connectivity index (χ0n) is 12.7. The van der Waals surface area contributed by atoms with Crippen LogP contribution in [0.4, 0.5) is 5.69 Å². The Morgan fingerprint density at radius 2 is 2.18 bits per heavy atom. The Kier molecular flexibility index (Phi) is 7.34. The van der Waals surface area contributed by atoms with E-state index in [1.807, 2.05) is 0 Å². The number of anilines is 1. The lowest BCUT2D eigenvalue weighted by Crippen LogP contribution is -2.32. The van der Waals surface area contributed by atoms with E-state index in [0.717, 1.165) is 25.9 Å². The smallest absolute Gasteiger partial charge is 0.239 e. The Bertz CT molecular complexity index is 499. The number of aromatic nitrogens is 2. The lowest BCUT2D eigenvalue weighted by Gasteiger charge is -2.27. The standard InChI is InChI=1S/C14H23N5O2.ClH/c1-10(11-2-4-16-5-3-11)6-14(21)18-12-7-17-19(8-12)9-13(15)20;/h7-8,10-11,16H,2-6,9H2,1H3,(H2,15,20)(H,18,21);1H. The minimum absolute atomic E-state index is 0. The first-order valence-corrected chi connectivity index (χ1v) is 7.36. The molecule has 0 radical (unpaired) electrons. The molecule has 4 N–H and O–H groups in total. The summed E-state index contributed by atoms with van der Waals surface area (Å²) in [6, 6.07) is 0. The number of piperidine rings is 1. The van der Waals surface area contributed by atoms with Crippen LogP contribution in [-0.4, -0.2) is 34.7 Å². The van der Waals surface area contributed by atoms with Gasteiger partial charge in [0.25, 0.3) is 0 Å². The maximum absolute atomic E-state index is 12.0. The van der Waals surface area contributed by atoms with Gasteiger partial charge >= 0.3 is 0 Å². The summed E-state index contributed by atoms with van der Waals surface area (Å²) in [5, 5.41) is 10.1.